The Morgan fingerprint density at radius 1 is 0.897 bits per heavy atom. The predicted molar refractivity (Wildman–Crippen MR) is 152 cm³/mol. The number of hydrogen-bond donors (Lipinski definition) is 0. The maximum absolute atomic E-state index is 12.8. The third kappa shape index (κ3) is 5.56. The number of nitrogens with zero attached hydrogens (tertiary/aromatic N) is 3. The fourth-order valence-electron chi connectivity index (χ4n) is 4.62. The van der Waals surface area contributed by atoms with Crippen molar-refractivity contribution in [2.45, 2.75) is 25.3 Å². The molecule has 0 atom stereocenters. The van der Waals surface area contributed by atoms with Gasteiger partial charge in [-0.15, -0.1) is 0 Å². The molecule has 0 N–H and O–H groups in total. The van der Waals surface area contributed by atoms with Crippen molar-refractivity contribution >= 4 is 15.8 Å². The van der Waals surface area contributed by atoms with Gasteiger partial charge >= 0.3 is 5.97 Å². The molecule has 0 aliphatic rings. The first-order valence-electron chi connectivity index (χ1n) is 12.6. The SMILES string of the molecule is CCOC(=O)c1cc(-c2ccc(-c3cnn(Cc4ccccc4)c3)cc2)n(-c2cccc(S(C)(=O)=O)c2)c1C. The van der Waals surface area contributed by atoms with Crippen molar-refractivity contribution in [1.82, 2.24) is 14.3 Å². The van der Waals surface area contributed by atoms with Gasteiger partial charge in [-0.2, -0.15) is 5.10 Å². The van der Waals surface area contributed by atoms with E-state index in [-0.39, 0.29) is 11.5 Å². The molecule has 0 unspecified atom stereocenters. The molecule has 0 spiro atoms. The molecule has 2 aromatic heterocycles. The van der Waals surface area contributed by atoms with E-state index in [1.165, 1.54) is 11.8 Å². The lowest BCUT2D eigenvalue weighted by Gasteiger charge is -2.14. The average Bonchev–Trinajstić information content (AvgIpc) is 3.53. The van der Waals surface area contributed by atoms with Crippen LogP contribution < -0.4 is 0 Å². The molecule has 2 heterocycles. The van der Waals surface area contributed by atoms with E-state index in [0.29, 0.717) is 23.5 Å². The van der Waals surface area contributed by atoms with E-state index >= 15 is 0 Å². The minimum Gasteiger partial charge on any atom is -0.462 e. The van der Waals surface area contributed by atoms with Crippen molar-refractivity contribution in [3.05, 3.63) is 114 Å². The molecular formula is C31H29N3O4S. The van der Waals surface area contributed by atoms with Gasteiger partial charge in [0.2, 0.25) is 0 Å². The summed E-state index contributed by atoms with van der Waals surface area (Å²) in [6, 6.07) is 26.7. The molecule has 5 rings (SSSR count). The van der Waals surface area contributed by atoms with Gasteiger partial charge in [0.05, 0.1) is 35.5 Å². The molecule has 198 valence electrons. The number of rotatable bonds is 8. The van der Waals surface area contributed by atoms with E-state index in [1.807, 2.05) is 77.1 Å². The molecule has 0 saturated heterocycles. The summed E-state index contributed by atoms with van der Waals surface area (Å²) >= 11 is 0. The van der Waals surface area contributed by atoms with Gasteiger partial charge in [0, 0.05) is 29.4 Å². The Morgan fingerprint density at radius 2 is 1.62 bits per heavy atom. The maximum atomic E-state index is 12.8. The van der Waals surface area contributed by atoms with E-state index in [1.54, 1.807) is 31.2 Å². The minimum atomic E-state index is -3.41. The van der Waals surface area contributed by atoms with Crippen LogP contribution in [0.5, 0.6) is 0 Å². The molecule has 0 aliphatic heterocycles. The van der Waals surface area contributed by atoms with Crippen LogP contribution in [-0.4, -0.2) is 41.6 Å². The first kappa shape index (κ1) is 26.2. The molecule has 3 aromatic carbocycles. The molecule has 5 aromatic rings. The zero-order valence-electron chi connectivity index (χ0n) is 22.0. The van der Waals surface area contributed by atoms with Crippen LogP contribution in [0.4, 0.5) is 0 Å². The Labute approximate surface area is 228 Å². The van der Waals surface area contributed by atoms with Crippen LogP contribution in [0, 0.1) is 6.92 Å². The van der Waals surface area contributed by atoms with Gasteiger partial charge in [-0.3, -0.25) is 4.68 Å². The monoisotopic (exact) mass is 539 g/mol. The first-order chi connectivity index (χ1) is 18.7. The van der Waals surface area contributed by atoms with Gasteiger partial charge in [0.15, 0.2) is 9.84 Å². The van der Waals surface area contributed by atoms with E-state index in [9.17, 15) is 13.2 Å². The summed E-state index contributed by atoms with van der Waals surface area (Å²) in [5.41, 5.74) is 6.56. The first-order valence-corrected chi connectivity index (χ1v) is 14.5. The average molecular weight is 540 g/mol. The molecule has 0 radical (unpaired) electrons. The van der Waals surface area contributed by atoms with Gasteiger partial charge in [-0.05, 0) is 54.8 Å². The second kappa shape index (κ2) is 10.7. The summed E-state index contributed by atoms with van der Waals surface area (Å²) < 4.78 is 33.6. The summed E-state index contributed by atoms with van der Waals surface area (Å²) in [6.07, 6.45) is 5.05. The van der Waals surface area contributed by atoms with E-state index in [0.717, 1.165) is 22.4 Å². The second-order valence-corrected chi connectivity index (χ2v) is 11.4. The Kier molecular flexibility index (Phi) is 7.21. The molecule has 0 amide bonds. The summed E-state index contributed by atoms with van der Waals surface area (Å²) in [5.74, 6) is -0.420. The number of hydrogen-bond acceptors (Lipinski definition) is 5. The van der Waals surface area contributed by atoms with Gasteiger partial charge in [0.25, 0.3) is 0 Å². The number of carbonyl (C=O) groups excluding carboxylic acids is 1. The Hall–Kier alpha value is -4.43. The topological polar surface area (TPSA) is 83.2 Å². The number of benzene rings is 3. The lowest BCUT2D eigenvalue weighted by atomic mass is 10.0. The van der Waals surface area contributed by atoms with Crippen molar-refractivity contribution in [1.29, 1.82) is 0 Å². The van der Waals surface area contributed by atoms with Gasteiger partial charge in [0.1, 0.15) is 0 Å². The van der Waals surface area contributed by atoms with Crippen LogP contribution in [0.25, 0.3) is 28.1 Å². The zero-order valence-corrected chi connectivity index (χ0v) is 22.9. The summed E-state index contributed by atoms with van der Waals surface area (Å²) in [4.78, 5) is 13.0. The van der Waals surface area contributed by atoms with E-state index in [4.69, 9.17) is 4.74 Å². The van der Waals surface area contributed by atoms with Crippen LogP contribution in [0.15, 0.2) is 102 Å². The fourth-order valence-corrected chi connectivity index (χ4v) is 5.28. The highest BCUT2D eigenvalue weighted by Crippen LogP contribution is 2.32. The highest BCUT2D eigenvalue weighted by atomic mass is 32.2. The molecular weight excluding hydrogens is 510 g/mol. The second-order valence-electron chi connectivity index (χ2n) is 9.34. The molecule has 0 aliphatic carbocycles. The van der Waals surface area contributed by atoms with E-state index < -0.39 is 15.8 Å². The van der Waals surface area contributed by atoms with Crippen LogP contribution in [0.3, 0.4) is 0 Å². The highest BCUT2D eigenvalue weighted by molar-refractivity contribution is 7.90. The third-order valence-electron chi connectivity index (χ3n) is 6.58. The predicted octanol–water partition coefficient (Wildman–Crippen LogP) is 5.94. The smallest absolute Gasteiger partial charge is 0.339 e. The summed E-state index contributed by atoms with van der Waals surface area (Å²) in [6.45, 7) is 4.55. The van der Waals surface area contributed by atoms with Crippen molar-refractivity contribution in [2.75, 3.05) is 12.9 Å². The van der Waals surface area contributed by atoms with Crippen LogP contribution in [0.2, 0.25) is 0 Å². The molecule has 39 heavy (non-hydrogen) atoms. The van der Waals surface area contributed by atoms with Crippen LogP contribution >= 0.6 is 0 Å². The normalized spacial score (nSPS) is 11.5. The maximum Gasteiger partial charge on any atom is 0.339 e. The number of ether oxygens (including phenoxy) is 1. The van der Waals surface area contributed by atoms with Gasteiger partial charge in [-0.1, -0.05) is 60.7 Å². The largest absolute Gasteiger partial charge is 0.462 e. The molecule has 0 saturated carbocycles. The Morgan fingerprint density at radius 3 is 2.31 bits per heavy atom. The van der Waals surface area contributed by atoms with Gasteiger partial charge in [-0.25, -0.2) is 13.2 Å². The standard InChI is InChI=1S/C31H29N3O4S/c1-4-38-31(35)29-18-30(34(22(29)2)27-11-8-12-28(17-27)39(3,36)37)25-15-13-24(14-16-25)26-19-32-33(21-26)20-23-9-6-5-7-10-23/h5-19,21H,4,20H2,1-3H3. The minimum absolute atomic E-state index is 0.208. The lowest BCUT2D eigenvalue weighted by molar-refractivity contribution is 0.0525. The van der Waals surface area contributed by atoms with Crippen molar-refractivity contribution in [3.63, 3.8) is 0 Å². The van der Waals surface area contributed by atoms with Crippen molar-refractivity contribution in [3.8, 4) is 28.1 Å². The van der Waals surface area contributed by atoms with Crippen molar-refractivity contribution in [2.24, 2.45) is 0 Å². The summed E-state index contributed by atoms with van der Waals surface area (Å²) in [5, 5.41) is 4.51. The molecule has 7 nitrogen and oxygen atoms in total. The van der Waals surface area contributed by atoms with Crippen LogP contribution in [-0.2, 0) is 21.1 Å². The molecule has 0 fully saturated rings. The zero-order chi connectivity index (χ0) is 27.6. The molecule has 8 heteroatoms. The molecule has 0 bridgehead atoms. The fraction of sp³-hybridized carbons (Fsp3) is 0.161. The number of sulfone groups is 1. The number of carbonyl (C=O) groups is 1. The third-order valence-corrected chi connectivity index (χ3v) is 7.69. The number of esters is 1. The Balaban J connectivity index is 1.52. The number of aromatic nitrogens is 3. The Bertz CT molecular complexity index is 1730. The quantitative estimate of drug-likeness (QED) is 0.228. The van der Waals surface area contributed by atoms with Gasteiger partial charge < -0.3 is 9.30 Å². The lowest BCUT2D eigenvalue weighted by Crippen LogP contribution is -2.07. The van der Waals surface area contributed by atoms with Crippen LogP contribution in [0.1, 0.15) is 28.5 Å². The van der Waals surface area contributed by atoms with Crippen molar-refractivity contribution < 1.29 is 17.9 Å². The summed E-state index contributed by atoms with van der Waals surface area (Å²) in [7, 11) is -3.41. The van der Waals surface area contributed by atoms with E-state index in [2.05, 4.69) is 17.2 Å². The highest BCUT2D eigenvalue weighted by Gasteiger charge is 2.21.